The second-order valence-electron chi connectivity index (χ2n) is 6.60. The van der Waals surface area contributed by atoms with Gasteiger partial charge in [-0.05, 0) is 74.6 Å². The molecule has 0 unspecified atom stereocenters. The Bertz CT molecular complexity index is 781. The molecule has 1 saturated heterocycles. The molecule has 0 aliphatic carbocycles. The van der Waals surface area contributed by atoms with Gasteiger partial charge in [-0.25, -0.2) is 8.42 Å². The van der Waals surface area contributed by atoms with Gasteiger partial charge in [0.2, 0.25) is 10.0 Å². The molecule has 0 saturated carbocycles. The normalized spacial score (nSPS) is 16.9. The minimum absolute atomic E-state index is 0.0645. The smallest absolute Gasteiger partial charge is 0.243 e. The minimum atomic E-state index is -3.45. The highest BCUT2D eigenvalue weighted by Crippen LogP contribution is 2.30. The van der Waals surface area contributed by atoms with Crippen molar-refractivity contribution < 1.29 is 13.2 Å². The van der Waals surface area contributed by atoms with Crippen molar-refractivity contribution in [2.45, 2.75) is 43.6 Å². The molecule has 5 nitrogen and oxygen atoms in total. The Kier molecular flexibility index (Phi) is 5.39. The molecule has 0 amide bonds. The molecule has 0 radical (unpaired) electrons. The molecule has 6 heteroatoms. The average Bonchev–Trinajstić information content (AvgIpc) is 2.62. The molecule has 1 aromatic heterocycles. The second-order valence-corrected chi connectivity index (χ2v) is 8.53. The fourth-order valence-corrected chi connectivity index (χ4v) is 4.65. The number of benzene rings is 1. The number of piperidine rings is 1. The SMILES string of the molecule is CC(C)Oc1ccc(S(=O)(=O)N2CCC(c3ccncc3)CC2)cc1. The van der Waals surface area contributed by atoms with E-state index in [2.05, 4.69) is 4.98 Å². The summed E-state index contributed by atoms with van der Waals surface area (Å²) >= 11 is 0. The summed E-state index contributed by atoms with van der Waals surface area (Å²) in [7, 11) is -3.45. The van der Waals surface area contributed by atoms with E-state index in [1.165, 1.54) is 5.56 Å². The van der Waals surface area contributed by atoms with Crippen molar-refractivity contribution in [3.05, 3.63) is 54.4 Å². The molecule has 0 atom stereocenters. The highest BCUT2D eigenvalue weighted by Gasteiger charge is 2.29. The van der Waals surface area contributed by atoms with Crippen LogP contribution in [0.2, 0.25) is 0 Å². The molecular weight excluding hydrogens is 336 g/mol. The van der Waals surface area contributed by atoms with Crippen molar-refractivity contribution in [1.29, 1.82) is 0 Å². The first-order chi connectivity index (χ1) is 12.0. The third kappa shape index (κ3) is 4.19. The Balaban J connectivity index is 1.67. The van der Waals surface area contributed by atoms with E-state index in [9.17, 15) is 8.42 Å². The summed E-state index contributed by atoms with van der Waals surface area (Å²) in [4.78, 5) is 4.37. The molecule has 2 heterocycles. The number of pyridine rings is 1. The summed E-state index contributed by atoms with van der Waals surface area (Å²) in [5.74, 6) is 1.08. The van der Waals surface area contributed by atoms with Crippen LogP contribution in [0.1, 0.15) is 38.2 Å². The van der Waals surface area contributed by atoms with Gasteiger partial charge < -0.3 is 4.74 Å². The van der Waals surface area contributed by atoms with Crippen LogP contribution in [0.5, 0.6) is 5.75 Å². The monoisotopic (exact) mass is 360 g/mol. The molecule has 1 aliphatic rings. The third-order valence-electron chi connectivity index (χ3n) is 4.46. The predicted octanol–water partition coefficient (Wildman–Crippen LogP) is 3.44. The average molecular weight is 360 g/mol. The lowest BCUT2D eigenvalue weighted by Gasteiger charge is -2.31. The van der Waals surface area contributed by atoms with Crippen LogP contribution in [0.4, 0.5) is 0 Å². The molecule has 2 aromatic rings. The standard InChI is InChI=1S/C19H24N2O3S/c1-15(2)24-18-3-5-19(6-4-18)25(22,23)21-13-9-17(10-14-21)16-7-11-20-12-8-16/h3-8,11-12,15,17H,9-10,13-14H2,1-2H3. The number of ether oxygens (including phenoxy) is 1. The quantitative estimate of drug-likeness (QED) is 0.819. The molecule has 134 valence electrons. The molecule has 25 heavy (non-hydrogen) atoms. The summed E-state index contributed by atoms with van der Waals surface area (Å²) in [6.07, 6.45) is 5.31. The highest BCUT2D eigenvalue weighted by atomic mass is 32.2. The zero-order valence-corrected chi connectivity index (χ0v) is 15.4. The molecular formula is C19H24N2O3S. The van der Waals surface area contributed by atoms with Crippen molar-refractivity contribution >= 4 is 10.0 Å². The fraction of sp³-hybridized carbons (Fsp3) is 0.421. The number of nitrogens with zero attached hydrogens (tertiary/aromatic N) is 2. The summed E-state index contributed by atoms with van der Waals surface area (Å²) in [6.45, 7) is 4.97. The van der Waals surface area contributed by atoms with Crippen molar-refractivity contribution in [2.24, 2.45) is 0 Å². The van der Waals surface area contributed by atoms with Gasteiger partial charge in [0.05, 0.1) is 11.0 Å². The number of rotatable bonds is 5. The van der Waals surface area contributed by atoms with Gasteiger partial charge in [-0.15, -0.1) is 0 Å². The Morgan fingerprint density at radius 2 is 1.64 bits per heavy atom. The molecule has 0 N–H and O–H groups in total. The van der Waals surface area contributed by atoms with Gasteiger partial charge in [0.25, 0.3) is 0 Å². The predicted molar refractivity (Wildman–Crippen MR) is 97.2 cm³/mol. The van der Waals surface area contributed by atoms with Gasteiger partial charge in [0.15, 0.2) is 0 Å². The maximum Gasteiger partial charge on any atom is 0.243 e. The van der Waals surface area contributed by atoms with E-state index >= 15 is 0 Å². The number of aromatic nitrogens is 1. The number of hydrogen-bond acceptors (Lipinski definition) is 4. The third-order valence-corrected chi connectivity index (χ3v) is 6.38. The van der Waals surface area contributed by atoms with E-state index in [4.69, 9.17) is 4.74 Å². The summed E-state index contributed by atoms with van der Waals surface area (Å²) in [5.41, 5.74) is 1.24. The van der Waals surface area contributed by atoms with Crippen molar-refractivity contribution in [1.82, 2.24) is 9.29 Å². The Morgan fingerprint density at radius 1 is 1.04 bits per heavy atom. The van der Waals surface area contributed by atoms with Crippen molar-refractivity contribution in [3.8, 4) is 5.75 Å². The van der Waals surface area contributed by atoms with E-state index in [1.807, 2.05) is 26.0 Å². The number of hydrogen-bond donors (Lipinski definition) is 0. The fourth-order valence-electron chi connectivity index (χ4n) is 3.18. The van der Waals surface area contributed by atoms with Crippen LogP contribution in [0.15, 0.2) is 53.7 Å². The lowest BCUT2D eigenvalue weighted by Crippen LogP contribution is -2.37. The largest absolute Gasteiger partial charge is 0.491 e. The highest BCUT2D eigenvalue weighted by molar-refractivity contribution is 7.89. The molecule has 1 fully saturated rings. The first-order valence-corrected chi connectivity index (χ1v) is 10.1. The zero-order chi connectivity index (χ0) is 17.9. The first-order valence-electron chi connectivity index (χ1n) is 8.63. The summed E-state index contributed by atoms with van der Waals surface area (Å²) in [6, 6.07) is 10.7. The molecule has 1 aromatic carbocycles. The van der Waals surface area contributed by atoms with Gasteiger partial charge in [0.1, 0.15) is 5.75 Å². The maximum absolute atomic E-state index is 12.8. The van der Waals surface area contributed by atoms with Crippen LogP contribution in [-0.4, -0.2) is 36.9 Å². The van der Waals surface area contributed by atoms with Crippen LogP contribution in [0.3, 0.4) is 0 Å². The Labute approximate surface area is 149 Å². The van der Waals surface area contributed by atoms with Crippen LogP contribution in [0, 0.1) is 0 Å². The van der Waals surface area contributed by atoms with Gasteiger partial charge in [-0.1, -0.05) is 0 Å². The van der Waals surface area contributed by atoms with Crippen LogP contribution >= 0.6 is 0 Å². The topological polar surface area (TPSA) is 59.5 Å². The van der Waals surface area contributed by atoms with Gasteiger partial charge >= 0.3 is 0 Å². The zero-order valence-electron chi connectivity index (χ0n) is 14.6. The van der Waals surface area contributed by atoms with E-state index in [1.54, 1.807) is 41.0 Å². The van der Waals surface area contributed by atoms with Gasteiger partial charge in [-0.3, -0.25) is 4.98 Å². The van der Waals surface area contributed by atoms with Gasteiger partial charge in [0, 0.05) is 25.5 Å². The van der Waals surface area contributed by atoms with Crippen LogP contribution in [0.25, 0.3) is 0 Å². The Hall–Kier alpha value is -1.92. The Morgan fingerprint density at radius 3 is 2.20 bits per heavy atom. The van der Waals surface area contributed by atoms with Gasteiger partial charge in [-0.2, -0.15) is 4.31 Å². The van der Waals surface area contributed by atoms with E-state index < -0.39 is 10.0 Å². The second kappa shape index (κ2) is 7.54. The minimum Gasteiger partial charge on any atom is -0.491 e. The maximum atomic E-state index is 12.8. The van der Waals surface area contributed by atoms with Crippen molar-refractivity contribution in [3.63, 3.8) is 0 Å². The molecule has 3 rings (SSSR count). The summed E-state index contributed by atoms with van der Waals surface area (Å²) < 4.78 is 32.8. The van der Waals surface area contributed by atoms with Crippen LogP contribution in [-0.2, 0) is 10.0 Å². The number of sulfonamides is 1. The van der Waals surface area contributed by atoms with E-state index in [-0.39, 0.29) is 6.10 Å². The lowest BCUT2D eigenvalue weighted by molar-refractivity contribution is 0.242. The molecule has 0 bridgehead atoms. The first kappa shape index (κ1) is 17.9. The molecule has 1 aliphatic heterocycles. The van der Waals surface area contributed by atoms with E-state index in [0.717, 1.165) is 12.8 Å². The lowest BCUT2D eigenvalue weighted by atomic mass is 9.91. The summed E-state index contributed by atoms with van der Waals surface area (Å²) in [5, 5.41) is 0. The molecule has 0 spiro atoms. The van der Waals surface area contributed by atoms with Crippen molar-refractivity contribution in [2.75, 3.05) is 13.1 Å². The van der Waals surface area contributed by atoms with Crippen LogP contribution < -0.4 is 4.74 Å². The van der Waals surface area contributed by atoms with E-state index in [0.29, 0.717) is 29.7 Å².